The zero-order valence-corrected chi connectivity index (χ0v) is 20.0. The first kappa shape index (κ1) is 24.6. The molecule has 174 valence electrons. The Kier molecular flexibility index (Phi) is 8.74. The number of nitrogens with one attached hydrogen (secondary N) is 1. The molecule has 3 aromatic rings. The van der Waals surface area contributed by atoms with E-state index in [1.165, 1.54) is 12.1 Å². The first-order valence-corrected chi connectivity index (χ1v) is 11.7. The van der Waals surface area contributed by atoms with Crippen molar-refractivity contribution < 1.29 is 4.92 Å². The molecular formula is C25H30ClN5O2. The predicted molar refractivity (Wildman–Crippen MR) is 137 cm³/mol. The lowest BCUT2D eigenvalue weighted by Gasteiger charge is -2.20. The Labute approximate surface area is 199 Å². The Morgan fingerprint density at radius 3 is 2.52 bits per heavy atom. The predicted octanol–water partition coefficient (Wildman–Crippen LogP) is 6.28. The average Bonchev–Trinajstić information content (AvgIpc) is 2.81. The lowest BCUT2D eigenvalue weighted by molar-refractivity contribution is -0.384. The number of para-hydroxylation sites is 1. The van der Waals surface area contributed by atoms with Crippen LogP contribution < -0.4 is 5.32 Å². The lowest BCUT2D eigenvalue weighted by Crippen LogP contribution is -2.25. The highest BCUT2D eigenvalue weighted by Crippen LogP contribution is 2.28. The fourth-order valence-corrected chi connectivity index (χ4v) is 3.88. The van der Waals surface area contributed by atoms with Gasteiger partial charge in [-0.15, -0.1) is 0 Å². The molecule has 1 aromatic heterocycles. The standard InChI is InChI=1S/C25H30ClN5O2/c1-4-30(5-2)17-7-8-18(3)27-25-21-9-6-10-22(26)24(21)28-23(29-25)16-13-19-11-14-20(15-12-19)31(32)33/h6,9-16,18H,4-5,7-8,17H2,1-3H3,(H,27,28,29). The van der Waals surface area contributed by atoms with E-state index >= 15 is 0 Å². The molecule has 2 aromatic carbocycles. The van der Waals surface area contributed by atoms with Crippen molar-refractivity contribution in [3.63, 3.8) is 0 Å². The Bertz CT molecular complexity index is 1110. The second kappa shape index (κ2) is 11.7. The molecule has 0 fully saturated rings. The van der Waals surface area contributed by atoms with Crippen LogP contribution in [0.15, 0.2) is 42.5 Å². The van der Waals surface area contributed by atoms with Gasteiger partial charge < -0.3 is 10.2 Å². The molecule has 0 radical (unpaired) electrons. The van der Waals surface area contributed by atoms with Crippen molar-refractivity contribution in [3.8, 4) is 0 Å². The molecule has 0 aliphatic heterocycles. The molecule has 0 bridgehead atoms. The van der Waals surface area contributed by atoms with Crippen LogP contribution >= 0.6 is 11.6 Å². The van der Waals surface area contributed by atoms with Gasteiger partial charge >= 0.3 is 0 Å². The summed E-state index contributed by atoms with van der Waals surface area (Å²) in [6.45, 7) is 9.75. The normalized spacial score (nSPS) is 12.5. The molecule has 33 heavy (non-hydrogen) atoms. The van der Waals surface area contributed by atoms with E-state index in [1.807, 2.05) is 24.3 Å². The van der Waals surface area contributed by atoms with Crippen LogP contribution in [0, 0.1) is 10.1 Å². The Morgan fingerprint density at radius 2 is 1.85 bits per heavy atom. The maximum Gasteiger partial charge on any atom is 0.269 e. The van der Waals surface area contributed by atoms with Crippen molar-refractivity contribution in [2.45, 2.75) is 39.7 Å². The second-order valence-electron chi connectivity index (χ2n) is 7.96. The molecule has 0 saturated carbocycles. The van der Waals surface area contributed by atoms with Crippen molar-refractivity contribution >= 4 is 46.2 Å². The number of non-ortho nitro benzene ring substituents is 1. The minimum Gasteiger partial charge on any atom is -0.367 e. The van der Waals surface area contributed by atoms with Crippen LogP contribution in [0.4, 0.5) is 11.5 Å². The molecule has 7 nitrogen and oxygen atoms in total. The smallest absolute Gasteiger partial charge is 0.269 e. The van der Waals surface area contributed by atoms with E-state index in [2.05, 4.69) is 36.0 Å². The van der Waals surface area contributed by atoms with Crippen molar-refractivity contribution in [1.82, 2.24) is 14.9 Å². The number of aromatic nitrogens is 2. The number of hydrogen-bond donors (Lipinski definition) is 1. The zero-order valence-electron chi connectivity index (χ0n) is 19.3. The minimum atomic E-state index is -0.414. The number of anilines is 1. The van der Waals surface area contributed by atoms with Gasteiger partial charge in [0.25, 0.3) is 5.69 Å². The van der Waals surface area contributed by atoms with Crippen LogP contribution in [0.5, 0.6) is 0 Å². The SMILES string of the molecule is CCN(CC)CCCC(C)Nc1nc(C=Cc2ccc([N+](=O)[O-])cc2)nc2c(Cl)cccc12. The number of nitro groups is 1. The van der Waals surface area contributed by atoms with Gasteiger partial charge in [-0.1, -0.05) is 37.6 Å². The van der Waals surface area contributed by atoms with Gasteiger partial charge in [-0.3, -0.25) is 10.1 Å². The lowest BCUT2D eigenvalue weighted by atomic mass is 10.1. The Hall–Kier alpha value is -3.03. The third-order valence-corrected chi connectivity index (χ3v) is 5.92. The molecule has 1 heterocycles. The van der Waals surface area contributed by atoms with E-state index in [0.717, 1.165) is 49.2 Å². The third-order valence-electron chi connectivity index (χ3n) is 5.61. The van der Waals surface area contributed by atoms with Gasteiger partial charge in [-0.05, 0) is 75.3 Å². The van der Waals surface area contributed by atoms with Crippen LogP contribution in [0.2, 0.25) is 5.02 Å². The van der Waals surface area contributed by atoms with Crippen molar-refractivity contribution in [2.24, 2.45) is 0 Å². The summed E-state index contributed by atoms with van der Waals surface area (Å²) >= 11 is 6.44. The Balaban J connectivity index is 1.80. The summed E-state index contributed by atoms with van der Waals surface area (Å²) in [6, 6.07) is 12.3. The minimum absolute atomic E-state index is 0.0577. The fraction of sp³-hybridized carbons (Fsp3) is 0.360. The number of nitro benzene ring substituents is 1. The number of benzene rings is 2. The zero-order chi connectivity index (χ0) is 23.8. The number of halogens is 1. The van der Waals surface area contributed by atoms with Gasteiger partial charge in [0.15, 0.2) is 5.82 Å². The van der Waals surface area contributed by atoms with Gasteiger partial charge in [0, 0.05) is 23.6 Å². The molecule has 0 amide bonds. The van der Waals surface area contributed by atoms with Gasteiger partial charge in [-0.2, -0.15) is 0 Å². The summed E-state index contributed by atoms with van der Waals surface area (Å²) in [5.74, 6) is 1.27. The topological polar surface area (TPSA) is 84.2 Å². The van der Waals surface area contributed by atoms with E-state index in [4.69, 9.17) is 16.6 Å². The van der Waals surface area contributed by atoms with Gasteiger partial charge in [-0.25, -0.2) is 9.97 Å². The number of hydrogen-bond acceptors (Lipinski definition) is 6. The van der Waals surface area contributed by atoms with Gasteiger partial charge in [0.05, 0.1) is 15.5 Å². The fourth-order valence-electron chi connectivity index (χ4n) is 3.66. The molecule has 8 heteroatoms. The molecule has 1 unspecified atom stereocenters. The highest BCUT2D eigenvalue weighted by Gasteiger charge is 2.12. The molecule has 3 rings (SSSR count). The summed E-state index contributed by atoms with van der Waals surface area (Å²) < 4.78 is 0. The molecule has 0 aliphatic carbocycles. The van der Waals surface area contributed by atoms with Crippen LogP contribution in [0.1, 0.15) is 45.0 Å². The van der Waals surface area contributed by atoms with Crippen LogP contribution in [-0.4, -0.2) is 45.5 Å². The third kappa shape index (κ3) is 6.73. The summed E-state index contributed by atoms with van der Waals surface area (Å²) in [4.78, 5) is 22.2. The molecule has 0 saturated heterocycles. The van der Waals surface area contributed by atoms with Gasteiger partial charge in [0.2, 0.25) is 0 Å². The molecule has 1 N–H and O–H groups in total. The summed E-state index contributed by atoms with van der Waals surface area (Å²) in [7, 11) is 0. The number of rotatable bonds is 11. The van der Waals surface area contributed by atoms with Crippen LogP contribution in [0.25, 0.3) is 23.1 Å². The summed E-state index contributed by atoms with van der Waals surface area (Å²) in [6.07, 6.45) is 5.75. The molecular weight excluding hydrogens is 438 g/mol. The summed E-state index contributed by atoms with van der Waals surface area (Å²) in [5, 5.41) is 15.8. The first-order valence-electron chi connectivity index (χ1n) is 11.3. The van der Waals surface area contributed by atoms with Gasteiger partial charge in [0.1, 0.15) is 5.82 Å². The van der Waals surface area contributed by atoms with Crippen molar-refractivity contribution in [1.29, 1.82) is 0 Å². The van der Waals surface area contributed by atoms with Crippen LogP contribution in [0.3, 0.4) is 0 Å². The van der Waals surface area contributed by atoms with E-state index in [9.17, 15) is 10.1 Å². The van der Waals surface area contributed by atoms with E-state index in [1.54, 1.807) is 18.2 Å². The molecule has 0 aliphatic rings. The summed E-state index contributed by atoms with van der Waals surface area (Å²) in [5.41, 5.74) is 1.57. The quantitative estimate of drug-likeness (QED) is 0.263. The average molecular weight is 468 g/mol. The maximum absolute atomic E-state index is 10.8. The molecule has 0 spiro atoms. The molecule has 1 atom stereocenters. The Morgan fingerprint density at radius 1 is 1.12 bits per heavy atom. The highest BCUT2D eigenvalue weighted by atomic mass is 35.5. The maximum atomic E-state index is 10.8. The van der Waals surface area contributed by atoms with E-state index < -0.39 is 4.92 Å². The second-order valence-corrected chi connectivity index (χ2v) is 8.37. The van der Waals surface area contributed by atoms with E-state index in [-0.39, 0.29) is 11.7 Å². The van der Waals surface area contributed by atoms with Crippen molar-refractivity contribution in [2.75, 3.05) is 25.0 Å². The number of fused-ring (bicyclic) bond motifs is 1. The highest BCUT2D eigenvalue weighted by molar-refractivity contribution is 6.35. The van der Waals surface area contributed by atoms with Crippen LogP contribution in [-0.2, 0) is 0 Å². The number of nitrogens with zero attached hydrogens (tertiary/aromatic N) is 4. The monoisotopic (exact) mass is 467 g/mol. The van der Waals surface area contributed by atoms with Crippen molar-refractivity contribution in [3.05, 3.63) is 69.0 Å². The first-order chi connectivity index (χ1) is 15.9. The van der Waals surface area contributed by atoms with E-state index in [0.29, 0.717) is 16.4 Å². The largest absolute Gasteiger partial charge is 0.367 e.